The number of ketones is 1. The maximum Gasteiger partial charge on any atom is 0.217 e. The number of carbonyl (C=O) groups is 2. The monoisotopic (exact) mass is 452 g/mol. The van der Waals surface area contributed by atoms with Crippen LogP contribution in [-0.4, -0.2) is 48.4 Å². The number of amides is 1. The summed E-state index contributed by atoms with van der Waals surface area (Å²) in [5.74, 6) is 2.53. The van der Waals surface area contributed by atoms with Gasteiger partial charge in [-0.15, -0.1) is 0 Å². The molecule has 3 aliphatic carbocycles. The lowest BCUT2D eigenvalue weighted by Crippen LogP contribution is -2.49. The zero-order valence-corrected chi connectivity index (χ0v) is 20.6. The van der Waals surface area contributed by atoms with Crippen LogP contribution < -0.4 is 10.1 Å². The van der Waals surface area contributed by atoms with Crippen LogP contribution >= 0.6 is 0 Å². The van der Waals surface area contributed by atoms with E-state index >= 15 is 0 Å². The standard InChI is InChI=1S/C28H40N2O3/c1-18-6-4-13-30(18)14-5-15-33-21-8-10-22-20(16-21)7-9-24-23(22)11-12-28(3)26(32)17-25(27(24)28)29-19(2)31/h8,10,16,18,23-25,27H,4-7,9,11-15,17H2,1-3H3,(H,29,31)/t18-,23-,24-,25-,27-,28-/m1/s1. The fraction of sp³-hybridized carbons (Fsp3) is 0.714. The maximum atomic E-state index is 12.9. The molecule has 1 N–H and O–H groups in total. The zero-order chi connectivity index (χ0) is 23.2. The van der Waals surface area contributed by atoms with E-state index < -0.39 is 0 Å². The van der Waals surface area contributed by atoms with Gasteiger partial charge in [-0.25, -0.2) is 0 Å². The number of likely N-dealkylation sites (tertiary alicyclic amines) is 1. The lowest BCUT2D eigenvalue weighted by molar-refractivity contribution is -0.129. The Labute approximate surface area is 198 Å². The molecule has 1 saturated heterocycles. The number of hydrogen-bond acceptors (Lipinski definition) is 4. The number of nitrogens with zero attached hydrogens (tertiary/aromatic N) is 1. The van der Waals surface area contributed by atoms with E-state index in [1.807, 2.05) is 0 Å². The SMILES string of the molecule is CC(=O)N[C@@H]1CC(=O)[C@@]2(C)CC[C@@H]3c4ccc(OCCCN5CCC[C@H]5C)cc4CC[C@H]3[C@H]12. The molecule has 4 aliphatic rings. The van der Waals surface area contributed by atoms with Crippen LogP contribution in [0.2, 0.25) is 0 Å². The van der Waals surface area contributed by atoms with Crippen LogP contribution in [0.1, 0.15) is 82.8 Å². The average molecular weight is 453 g/mol. The van der Waals surface area contributed by atoms with E-state index in [1.165, 1.54) is 30.5 Å². The topological polar surface area (TPSA) is 58.6 Å². The summed E-state index contributed by atoms with van der Waals surface area (Å²) in [5.41, 5.74) is 2.60. The summed E-state index contributed by atoms with van der Waals surface area (Å²) < 4.78 is 6.14. The van der Waals surface area contributed by atoms with Crippen molar-refractivity contribution in [1.82, 2.24) is 10.2 Å². The molecular formula is C28H40N2O3. The van der Waals surface area contributed by atoms with Gasteiger partial charge in [0.15, 0.2) is 0 Å². The molecule has 5 rings (SSSR count). The van der Waals surface area contributed by atoms with Crippen molar-refractivity contribution >= 4 is 11.7 Å². The van der Waals surface area contributed by atoms with E-state index in [2.05, 4.69) is 42.3 Å². The minimum absolute atomic E-state index is 0.00437. The van der Waals surface area contributed by atoms with Gasteiger partial charge in [0.2, 0.25) is 5.91 Å². The average Bonchev–Trinajstić information content (AvgIpc) is 3.30. The fourth-order valence-corrected chi connectivity index (χ4v) is 7.71. The van der Waals surface area contributed by atoms with Crippen LogP contribution in [0.15, 0.2) is 18.2 Å². The van der Waals surface area contributed by atoms with Crippen molar-refractivity contribution < 1.29 is 14.3 Å². The van der Waals surface area contributed by atoms with E-state index in [4.69, 9.17) is 4.74 Å². The molecule has 1 aliphatic heterocycles. The van der Waals surface area contributed by atoms with Crippen LogP contribution in [-0.2, 0) is 16.0 Å². The van der Waals surface area contributed by atoms with Gasteiger partial charge in [0.25, 0.3) is 0 Å². The number of Topliss-reactive ketones (excluding diaryl/α,β-unsaturated/α-hetero) is 1. The maximum absolute atomic E-state index is 12.9. The normalized spacial score (nSPS) is 35.6. The van der Waals surface area contributed by atoms with Gasteiger partial charge in [-0.3, -0.25) is 9.59 Å². The smallest absolute Gasteiger partial charge is 0.217 e. The van der Waals surface area contributed by atoms with Crippen molar-refractivity contribution in [3.8, 4) is 5.75 Å². The lowest BCUT2D eigenvalue weighted by Gasteiger charge is -2.49. The minimum Gasteiger partial charge on any atom is -0.494 e. The Kier molecular flexibility index (Phi) is 6.28. The number of benzene rings is 1. The predicted octanol–water partition coefficient (Wildman–Crippen LogP) is 4.48. The molecule has 6 atom stereocenters. The third kappa shape index (κ3) is 4.22. The molecule has 5 heteroatoms. The molecule has 2 saturated carbocycles. The molecule has 0 aromatic heterocycles. The number of ether oxygens (including phenoxy) is 1. The third-order valence-corrected chi connectivity index (χ3v) is 9.36. The molecule has 1 amide bonds. The number of fused-ring (bicyclic) bond motifs is 5. The van der Waals surface area contributed by atoms with Crippen LogP contribution in [0.4, 0.5) is 0 Å². The quantitative estimate of drug-likeness (QED) is 0.647. The Bertz CT molecular complexity index is 914. The van der Waals surface area contributed by atoms with E-state index in [1.54, 1.807) is 6.92 Å². The molecule has 33 heavy (non-hydrogen) atoms. The summed E-state index contributed by atoms with van der Waals surface area (Å²) in [6.07, 6.45) is 8.36. The second-order valence-corrected chi connectivity index (χ2v) is 11.3. The molecule has 1 aromatic rings. The fourth-order valence-electron chi connectivity index (χ4n) is 7.71. The Morgan fingerprint density at radius 2 is 2.12 bits per heavy atom. The molecule has 1 heterocycles. The largest absolute Gasteiger partial charge is 0.494 e. The van der Waals surface area contributed by atoms with Gasteiger partial charge in [0.05, 0.1) is 6.61 Å². The van der Waals surface area contributed by atoms with Crippen LogP contribution in [0.25, 0.3) is 0 Å². The third-order valence-electron chi connectivity index (χ3n) is 9.36. The summed E-state index contributed by atoms with van der Waals surface area (Å²) in [5, 5.41) is 3.13. The highest BCUT2D eigenvalue weighted by Gasteiger charge is 2.59. The summed E-state index contributed by atoms with van der Waals surface area (Å²) in [6, 6.07) is 7.42. The molecular weight excluding hydrogens is 412 g/mol. The number of hydrogen-bond donors (Lipinski definition) is 1. The Morgan fingerprint density at radius 3 is 2.88 bits per heavy atom. The number of rotatable bonds is 6. The second-order valence-electron chi connectivity index (χ2n) is 11.3. The minimum atomic E-state index is -0.276. The highest BCUT2D eigenvalue weighted by molar-refractivity contribution is 5.89. The number of nitrogens with one attached hydrogen (secondary N) is 1. The van der Waals surface area contributed by atoms with E-state index in [0.717, 1.165) is 57.0 Å². The van der Waals surface area contributed by atoms with Crippen molar-refractivity contribution in [1.29, 1.82) is 0 Å². The van der Waals surface area contributed by atoms with Crippen LogP contribution in [0.3, 0.4) is 0 Å². The first-order chi connectivity index (χ1) is 15.9. The molecule has 1 aromatic carbocycles. The van der Waals surface area contributed by atoms with Gasteiger partial charge in [0.1, 0.15) is 11.5 Å². The Hall–Kier alpha value is -1.88. The van der Waals surface area contributed by atoms with Gasteiger partial charge in [0, 0.05) is 37.4 Å². The molecule has 180 valence electrons. The van der Waals surface area contributed by atoms with Crippen LogP contribution in [0, 0.1) is 17.3 Å². The van der Waals surface area contributed by atoms with Crippen molar-refractivity contribution in [3.05, 3.63) is 29.3 Å². The van der Waals surface area contributed by atoms with Crippen molar-refractivity contribution in [3.63, 3.8) is 0 Å². The van der Waals surface area contributed by atoms with Crippen molar-refractivity contribution in [2.45, 2.75) is 90.1 Å². The van der Waals surface area contributed by atoms with E-state index in [-0.39, 0.29) is 23.3 Å². The van der Waals surface area contributed by atoms with E-state index in [0.29, 0.717) is 24.0 Å². The summed E-state index contributed by atoms with van der Waals surface area (Å²) in [7, 11) is 0. The Morgan fingerprint density at radius 1 is 1.27 bits per heavy atom. The van der Waals surface area contributed by atoms with Gasteiger partial charge in [-0.05, 0) is 99.4 Å². The molecule has 0 radical (unpaired) electrons. The molecule has 0 unspecified atom stereocenters. The summed E-state index contributed by atoms with van der Waals surface area (Å²) in [6.45, 7) is 9.20. The first-order valence-corrected chi connectivity index (χ1v) is 13.2. The van der Waals surface area contributed by atoms with Gasteiger partial charge in [-0.1, -0.05) is 13.0 Å². The molecule has 5 nitrogen and oxygen atoms in total. The molecule has 0 spiro atoms. The second kappa shape index (κ2) is 9.05. The van der Waals surface area contributed by atoms with Gasteiger partial charge >= 0.3 is 0 Å². The predicted molar refractivity (Wildman–Crippen MR) is 129 cm³/mol. The first kappa shape index (κ1) is 22.9. The van der Waals surface area contributed by atoms with Crippen molar-refractivity contribution in [2.75, 3.05) is 19.7 Å². The highest BCUT2D eigenvalue weighted by Crippen LogP contribution is 2.59. The van der Waals surface area contributed by atoms with Gasteiger partial charge < -0.3 is 15.0 Å². The lowest BCUT2D eigenvalue weighted by atomic mass is 9.55. The summed E-state index contributed by atoms with van der Waals surface area (Å²) >= 11 is 0. The van der Waals surface area contributed by atoms with Crippen LogP contribution in [0.5, 0.6) is 5.75 Å². The zero-order valence-electron chi connectivity index (χ0n) is 20.6. The molecule has 3 fully saturated rings. The molecule has 0 bridgehead atoms. The highest BCUT2D eigenvalue weighted by atomic mass is 16.5. The number of aryl methyl sites for hydroxylation is 1. The van der Waals surface area contributed by atoms with Crippen molar-refractivity contribution in [2.24, 2.45) is 17.3 Å². The first-order valence-electron chi connectivity index (χ1n) is 13.2. The Balaban J connectivity index is 1.25. The summed E-state index contributed by atoms with van der Waals surface area (Å²) in [4.78, 5) is 27.4. The van der Waals surface area contributed by atoms with E-state index in [9.17, 15) is 9.59 Å². The number of carbonyl (C=O) groups excluding carboxylic acids is 2. The van der Waals surface area contributed by atoms with Gasteiger partial charge in [-0.2, -0.15) is 0 Å².